The summed E-state index contributed by atoms with van der Waals surface area (Å²) < 4.78 is 53.0. The van der Waals surface area contributed by atoms with Crippen molar-refractivity contribution in [3.05, 3.63) is 253 Å². The number of rotatable bonds is 8. The maximum absolute atomic E-state index is 9.75. The minimum Gasteiger partial charge on any atom is -0.456 e. The number of hydrogen-bond acceptors (Lipinski definition) is 3. The molecule has 0 unspecified atom stereocenters. The van der Waals surface area contributed by atoms with E-state index in [0.29, 0.717) is 11.2 Å². The van der Waals surface area contributed by atoms with Gasteiger partial charge in [-0.3, -0.25) is 0 Å². The maximum Gasteiger partial charge on any atom is 0.135 e. The first-order valence-electron chi connectivity index (χ1n) is 21.9. The first kappa shape index (κ1) is 28.7. The second kappa shape index (κ2) is 13.8. The predicted molar refractivity (Wildman–Crippen MR) is 240 cm³/mol. The van der Waals surface area contributed by atoms with E-state index >= 15 is 0 Å². The highest BCUT2D eigenvalue weighted by atomic mass is 16.3. The number of fused-ring (bicyclic) bond motifs is 6. The normalized spacial score (nSPS) is 13.8. The van der Waals surface area contributed by atoms with Crippen LogP contribution in [0.15, 0.2) is 235 Å². The van der Waals surface area contributed by atoms with Crippen molar-refractivity contribution in [1.82, 2.24) is 0 Å². The fraction of sp³-hybridized carbons (Fsp3) is 0.0182. The summed E-state index contributed by atoms with van der Waals surface area (Å²) in [4.78, 5) is 4.44. The Balaban J connectivity index is 1.30. The summed E-state index contributed by atoms with van der Waals surface area (Å²) in [7, 11) is 0. The Morgan fingerprint density at radius 2 is 0.828 bits per heavy atom. The summed E-state index contributed by atoms with van der Waals surface area (Å²) in [6.07, 6.45) is 0. The molecule has 0 radical (unpaired) electrons. The van der Waals surface area contributed by atoms with E-state index in [9.17, 15) is 2.74 Å². The molecule has 0 saturated heterocycles. The van der Waals surface area contributed by atoms with E-state index in [2.05, 4.69) is 94.7 Å². The smallest absolute Gasteiger partial charge is 0.135 e. The Morgan fingerprint density at radius 1 is 0.379 bits per heavy atom. The summed E-state index contributed by atoms with van der Waals surface area (Å²) in [5, 5.41) is 1.69. The highest BCUT2D eigenvalue weighted by Gasteiger charge is 2.48. The van der Waals surface area contributed by atoms with Gasteiger partial charge in [0.05, 0.1) is 12.3 Å². The number of hydrogen-bond donors (Lipinski definition) is 0. The first-order chi connectivity index (χ1) is 30.9. The SMILES string of the molecule is [2H]c1c([2H])c([2H])c(C2(c3cccc4oc5ccccc5c34)c3ccc(N(c4ccccc4)c4ccccc4)cc3-c3cc(N(c4ccccc4)c4ccccc4)ccc32)c([2H])c1[2H]. The molecule has 10 aromatic rings. The molecule has 0 amide bonds. The van der Waals surface area contributed by atoms with Crippen LogP contribution in [-0.2, 0) is 5.41 Å². The molecule has 58 heavy (non-hydrogen) atoms. The van der Waals surface area contributed by atoms with Crippen LogP contribution in [0.2, 0.25) is 0 Å². The Labute approximate surface area is 345 Å². The van der Waals surface area contributed by atoms with Crippen LogP contribution in [0.5, 0.6) is 0 Å². The van der Waals surface area contributed by atoms with Gasteiger partial charge in [0.2, 0.25) is 0 Å². The van der Waals surface area contributed by atoms with E-state index in [0.717, 1.165) is 72.7 Å². The van der Waals surface area contributed by atoms with E-state index in [4.69, 9.17) is 8.53 Å². The van der Waals surface area contributed by atoms with Gasteiger partial charge >= 0.3 is 0 Å². The number of nitrogens with zero attached hydrogens (tertiary/aromatic N) is 2. The molecule has 3 nitrogen and oxygen atoms in total. The Morgan fingerprint density at radius 3 is 1.33 bits per heavy atom. The van der Waals surface area contributed by atoms with Crippen LogP contribution in [0.1, 0.15) is 29.1 Å². The molecular formula is C55H38N2O. The predicted octanol–water partition coefficient (Wildman–Crippen LogP) is 14.9. The van der Waals surface area contributed by atoms with Gasteiger partial charge in [-0.2, -0.15) is 0 Å². The Bertz CT molecular complexity index is 3120. The van der Waals surface area contributed by atoms with Crippen molar-refractivity contribution in [2.45, 2.75) is 5.41 Å². The van der Waals surface area contributed by atoms with Gasteiger partial charge in [-0.05, 0) is 118 Å². The highest BCUT2D eigenvalue weighted by Crippen LogP contribution is 2.60. The average molecular weight is 748 g/mol. The van der Waals surface area contributed by atoms with Gasteiger partial charge in [-0.25, -0.2) is 0 Å². The molecule has 0 atom stereocenters. The van der Waals surface area contributed by atoms with Crippen LogP contribution in [0, 0.1) is 0 Å². The molecule has 9 aromatic carbocycles. The molecular weight excluding hydrogens is 705 g/mol. The molecule has 11 rings (SSSR count). The summed E-state index contributed by atoms with van der Waals surface area (Å²) in [5.74, 6) is 0. The summed E-state index contributed by atoms with van der Waals surface area (Å²) >= 11 is 0. The maximum atomic E-state index is 9.75. The van der Waals surface area contributed by atoms with Crippen LogP contribution in [0.25, 0.3) is 33.1 Å². The zero-order valence-electron chi connectivity index (χ0n) is 36.4. The molecule has 0 saturated carbocycles. The van der Waals surface area contributed by atoms with Gasteiger partial charge in [0.25, 0.3) is 0 Å². The molecule has 0 bridgehead atoms. The topological polar surface area (TPSA) is 19.6 Å². The third kappa shape index (κ3) is 5.28. The number of para-hydroxylation sites is 5. The fourth-order valence-electron chi connectivity index (χ4n) is 9.01. The van der Waals surface area contributed by atoms with Crippen molar-refractivity contribution in [1.29, 1.82) is 0 Å². The molecule has 0 N–H and O–H groups in total. The van der Waals surface area contributed by atoms with Gasteiger partial charge in [0.15, 0.2) is 0 Å². The van der Waals surface area contributed by atoms with E-state index in [1.807, 2.05) is 115 Å². The summed E-state index contributed by atoms with van der Waals surface area (Å²) in [6.45, 7) is 0. The lowest BCUT2D eigenvalue weighted by atomic mass is 9.66. The highest BCUT2D eigenvalue weighted by molar-refractivity contribution is 6.09. The first-order valence-corrected chi connectivity index (χ1v) is 19.4. The molecule has 274 valence electrons. The third-order valence-electron chi connectivity index (χ3n) is 11.4. The lowest BCUT2D eigenvalue weighted by molar-refractivity contribution is 0.667. The van der Waals surface area contributed by atoms with Crippen molar-refractivity contribution in [3.63, 3.8) is 0 Å². The van der Waals surface area contributed by atoms with Crippen LogP contribution in [0.4, 0.5) is 34.1 Å². The third-order valence-corrected chi connectivity index (χ3v) is 11.4. The number of anilines is 6. The van der Waals surface area contributed by atoms with Crippen molar-refractivity contribution < 1.29 is 11.3 Å². The standard InChI is InChI=1S/C55H38N2O/c1-6-19-39(20-7-1)55(51-30-18-32-53-54(51)46-29-16-17-31-52(46)58-53)49-35-33-44(56(40-21-8-2-9-22-40)41-23-10-3-11-24-41)37-47(49)48-38-45(34-36-50(48)55)57(42-25-12-4-13-26-42)43-27-14-5-15-28-43/h1-38H/i1D,6D,7D,19D,20D. The monoisotopic (exact) mass is 747 g/mol. The molecule has 1 aliphatic carbocycles. The van der Waals surface area contributed by atoms with Gasteiger partial charge < -0.3 is 14.2 Å². The summed E-state index contributed by atoms with van der Waals surface area (Å²) in [6, 6.07) is 65.8. The number of furan rings is 1. The van der Waals surface area contributed by atoms with E-state index < -0.39 is 23.5 Å². The largest absolute Gasteiger partial charge is 0.456 e. The summed E-state index contributed by atoms with van der Waals surface area (Å²) in [5.41, 5.74) is 9.89. The quantitative estimate of drug-likeness (QED) is 0.154. The molecule has 0 fully saturated rings. The van der Waals surface area contributed by atoms with Crippen molar-refractivity contribution in [2.24, 2.45) is 0 Å². The van der Waals surface area contributed by atoms with Crippen LogP contribution < -0.4 is 9.80 Å². The van der Waals surface area contributed by atoms with Crippen molar-refractivity contribution in [2.75, 3.05) is 9.80 Å². The molecule has 1 aliphatic rings. The fourth-order valence-corrected chi connectivity index (χ4v) is 9.01. The molecule has 3 heteroatoms. The molecule has 1 heterocycles. The molecule has 0 aliphatic heterocycles. The lowest BCUT2D eigenvalue weighted by Gasteiger charge is -2.35. The van der Waals surface area contributed by atoms with Crippen molar-refractivity contribution in [3.8, 4) is 11.1 Å². The van der Waals surface area contributed by atoms with Crippen LogP contribution >= 0.6 is 0 Å². The van der Waals surface area contributed by atoms with E-state index in [1.54, 1.807) is 0 Å². The van der Waals surface area contributed by atoms with Gasteiger partial charge in [0, 0.05) is 44.9 Å². The van der Waals surface area contributed by atoms with E-state index in [-0.39, 0.29) is 17.6 Å². The minimum absolute atomic E-state index is 0.178. The number of benzene rings is 9. The average Bonchev–Trinajstić information content (AvgIpc) is 3.85. The second-order valence-electron chi connectivity index (χ2n) is 14.5. The molecule has 0 spiro atoms. The molecule has 1 aromatic heterocycles. The van der Waals surface area contributed by atoms with E-state index in [1.165, 1.54) is 0 Å². The Kier molecular flexibility index (Phi) is 6.86. The van der Waals surface area contributed by atoms with Gasteiger partial charge in [-0.1, -0.05) is 145 Å². The zero-order chi connectivity index (χ0) is 42.8. The van der Waals surface area contributed by atoms with Gasteiger partial charge in [0.1, 0.15) is 11.2 Å². The minimum atomic E-state index is -1.41. The van der Waals surface area contributed by atoms with Crippen molar-refractivity contribution >= 4 is 56.1 Å². The van der Waals surface area contributed by atoms with Crippen LogP contribution in [0.3, 0.4) is 0 Å². The Hall–Kier alpha value is -7.62. The van der Waals surface area contributed by atoms with Gasteiger partial charge in [-0.15, -0.1) is 0 Å². The lowest BCUT2D eigenvalue weighted by Crippen LogP contribution is -2.29. The zero-order valence-corrected chi connectivity index (χ0v) is 31.4. The van der Waals surface area contributed by atoms with Crippen LogP contribution in [-0.4, -0.2) is 0 Å². The second-order valence-corrected chi connectivity index (χ2v) is 14.5.